The van der Waals surface area contributed by atoms with E-state index in [0.717, 1.165) is 12.8 Å². The lowest BCUT2D eigenvalue weighted by molar-refractivity contribution is -0.124. The van der Waals surface area contributed by atoms with Crippen molar-refractivity contribution in [3.8, 4) is 0 Å². The first-order chi connectivity index (χ1) is 8.20. The van der Waals surface area contributed by atoms with E-state index in [4.69, 9.17) is 0 Å². The van der Waals surface area contributed by atoms with Crippen molar-refractivity contribution in [2.24, 2.45) is 5.92 Å². The third-order valence-electron chi connectivity index (χ3n) is 4.19. The number of aliphatic hydroxyl groups is 1. The van der Waals surface area contributed by atoms with Gasteiger partial charge in [-0.25, -0.2) is 0 Å². The molecule has 1 saturated carbocycles. The molecule has 0 spiro atoms. The third kappa shape index (κ3) is 3.19. The minimum atomic E-state index is -0.362. The van der Waals surface area contributed by atoms with Crippen LogP contribution in [0.25, 0.3) is 0 Å². The molecule has 0 aromatic rings. The van der Waals surface area contributed by atoms with Crippen molar-refractivity contribution in [1.29, 1.82) is 0 Å². The number of nitrogens with one attached hydrogen (secondary N) is 2. The second-order valence-electron chi connectivity index (χ2n) is 5.42. The highest BCUT2D eigenvalue weighted by atomic mass is 16.3. The minimum Gasteiger partial charge on any atom is -0.392 e. The van der Waals surface area contributed by atoms with E-state index in [2.05, 4.69) is 17.6 Å². The zero-order chi connectivity index (χ0) is 12.3. The molecule has 0 aromatic carbocycles. The van der Waals surface area contributed by atoms with E-state index in [-0.39, 0.29) is 18.1 Å². The van der Waals surface area contributed by atoms with Crippen LogP contribution in [0.2, 0.25) is 0 Å². The van der Waals surface area contributed by atoms with Gasteiger partial charge in [0.2, 0.25) is 5.91 Å². The van der Waals surface area contributed by atoms with Gasteiger partial charge in [0.1, 0.15) is 0 Å². The average Bonchev–Trinajstić information content (AvgIpc) is 2.77. The van der Waals surface area contributed by atoms with Crippen LogP contribution < -0.4 is 10.6 Å². The Labute approximate surface area is 103 Å². The van der Waals surface area contributed by atoms with Gasteiger partial charge in [0, 0.05) is 12.6 Å². The summed E-state index contributed by atoms with van der Waals surface area (Å²) < 4.78 is 0. The molecular weight excluding hydrogens is 216 g/mol. The zero-order valence-corrected chi connectivity index (χ0v) is 10.6. The molecule has 2 fully saturated rings. The standard InChI is InChI=1S/C13H24N2O2/c1-2-9-5-3-4-6-11(9)15-13(17)12-7-10(16)8-14-12/h9-12,14,16H,2-8H2,1H3,(H,15,17). The number of hydrogen-bond donors (Lipinski definition) is 3. The number of hydrogen-bond acceptors (Lipinski definition) is 3. The van der Waals surface area contributed by atoms with Crippen molar-refractivity contribution in [2.45, 2.75) is 63.6 Å². The Bertz CT molecular complexity index is 270. The second-order valence-corrected chi connectivity index (χ2v) is 5.42. The topological polar surface area (TPSA) is 61.4 Å². The summed E-state index contributed by atoms with van der Waals surface area (Å²) in [6.07, 6.45) is 6.20. The first-order valence-electron chi connectivity index (χ1n) is 6.92. The average molecular weight is 240 g/mol. The highest BCUT2D eigenvalue weighted by Gasteiger charge is 2.31. The predicted octanol–water partition coefficient (Wildman–Crippen LogP) is 0.794. The fourth-order valence-electron chi connectivity index (χ4n) is 3.09. The predicted molar refractivity (Wildman–Crippen MR) is 66.6 cm³/mol. The van der Waals surface area contributed by atoms with Crippen molar-refractivity contribution in [1.82, 2.24) is 10.6 Å². The number of aliphatic hydroxyl groups excluding tert-OH is 1. The molecular formula is C13H24N2O2. The SMILES string of the molecule is CCC1CCCCC1NC(=O)C1CC(O)CN1. The normalized spacial score (nSPS) is 38.0. The molecule has 0 aromatic heterocycles. The molecule has 4 heteroatoms. The van der Waals surface area contributed by atoms with E-state index in [1.165, 1.54) is 19.3 Å². The molecule has 0 bridgehead atoms. The minimum absolute atomic E-state index is 0.0758. The molecule has 1 heterocycles. The maximum Gasteiger partial charge on any atom is 0.237 e. The second kappa shape index (κ2) is 5.83. The Balaban J connectivity index is 1.84. The summed E-state index contributed by atoms with van der Waals surface area (Å²) in [5, 5.41) is 15.6. The molecule has 4 atom stereocenters. The zero-order valence-electron chi connectivity index (χ0n) is 10.6. The van der Waals surface area contributed by atoms with Crippen LogP contribution in [-0.2, 0) is 4.79 Å². The van der Waals surface area contributed by atoms with E-state index in [1.54, 1.807) is 0 Å². The smallest absolute Gasteiger partial charge is 0.237 e. The quantitative estimate of drug-likeness (QED) is 0.683. The Morgan fingerprint density at radius 1 is 1.41 bits per heavy atom. The largest absolute Gasteiger partial charge is 0.392 e. The molecule has 4 unspecified atom stereocenters. The van der Waals surface area contributed by atoms with Crippen LogP contribution in [0, 0.1) is 5.92 Å². The van der Waals surface area contributed by atoms with Gasteiger partial charge in [-0.2, -0.15) is 0 Å². The summed E-state index contributed by atoms with van der Waals surface area (Å²) in [7, 11) is 0. The van der Waals surface area contributed by atoms with Crippen molar-refractivity contribution < 1.29 is 9.90 Å². The molecule has 98 valence electrons. The maximum atomic E-state index is 12.0. The molecule has 0 radical (unpaired) electrons. The Hall–Kier alpha value is -0.610. The van der Waals surface area contributed by atoms with Gasteiger partial charge < -0.3 is 15.7 Å². The fourth-order valence-corrected chi connectivity index (χ4v) is 3.09. The van der Waals surface area contributed by atoms with E-state index in [0.29, 0.717) is 24.9 Å². The lowest BCUT2D eigenvalue weighted by Crippen LogP contribution is -2.48. The molecule has 2 aliphatic rings. The lowest BCUT2D eigenvalue weighted by atomic mass is 9.83. The Morgan fingerprint density at radius 3 is 2.82 bits per heavy atom. The van der Waals surface area contributed by atoms with Crippen LogP contribution in [0.5, 0.6) is 0 Å². The number of rotatable bonds is 3. The van der Waals surface area contributed by atoms with Crippen molar-refractivity contribution in [3.63, 3.8) is 0 Å². The van der Waals surface area contributed by atoms with Gasteiger partial charge in [-0.15, -0.1) is 0 Å². The van der Waals surface area contributed by atoms with Crippen LogP contribution >= 0.6 is 0 Å². The number of β-amino-alcohol motifs (C(OH)–C–C–N with tert-alkyl or cyclic N) is 1. The van der Waals surface area contributed by atoms with Gasteiger partial charge in [0.05, 0.1) is 12.1 Å². The summed E-state index contributed by atoms with van der Waals surface area (Å²) >= 11 is 0. The number of carbonyl (C=O) groups excluding carboxylic acids is 1. The van der Waals surface area contributed by atoms with Gasteiger partial charge in [0.25, 0.3) is 0 Å². The monoisotopic (exact) mass is 240 g/mol. The number of carbonyl (C=O) groups is 1. The van der Waals surface area contributed by atoms with Crippen LogP contribution in [0.3, 0.4) is 0 Å². The van der Waals surface area contributed by atoms with Gasteiger partial charge in [-0.3, -0.25) is 4.79 Å². The summed E-state index contributed by atoms with van der Waals surface area (Å²) in [5.74, 6) is 0.714. The highest BCUT2D eigenvalue weighted by Crippen LogP contribution is 2.27. The van der Waals surface area contributed by atoms with Gasteiger partial charge >= 0.3 is 0 Å². The van der Waals surface area contributed by atoms with E-state index < -0.39 is 0 Å². The van der Waals surface area contributed by atoms with Crippen LogP contribution in [0.15, 0.2) is 0 Å². The van der Waals surface area contributed by atoms with Gasteiger partial charge in [0.15, 0.2) is 0 Å². The van der Waals surface area contributed by atoms with Crippen molar-refractivity contribution in [2.75, 3.05) is 6.54 Å². The maximum absolute atomic E-state index is 12.0. The van der Waals surface area contributed by atoms with Crippen LogP contribution in [-0.4, -0.2) is 35.7 Å². The first kappa shape index (κ1) is 12.8. The van der Waals surface area contributed by atoms with E-state index in [1.807, 2.05) is 0 Å². The van der Waals surface area contributed by atoms with E-state index >= 15 is 0 Å². The van der Waals surface area contributed by atoms with Crippen molar-refractivity contribution >= 4 is 5.91 Å². The van der Waals surface area contributed by atoms with Crippen LogP contribution in [0.4, 0.5) is 0 Å². The molecule has 1 aliphatic heterocycles. The molecule has 3 N–H and O–H groups in total. The van der Waals surface area contributed by atoms with Crippen molar-refractivity contribution in [3.05, 3.63) is 0 Å². The molecule has 2 rings (SSSR count). The lowest BCUT2D eigenvalue weighted by Gasteiger charge is -2.32. The fraction of sp³-hybridized carbons (Fsp3) is 0.923. The summed E-state index contributed by atoms with van der Waals surface area (Å²) in [5.41, 5.74) is 0. The van der Waals surface area contributed by atoms with Crippen LogP contribution in [0.1, 0.15) is 45.4 Å². The van der Waals surface area contributed by atoms with Gasteiger partial charge in [-0.1, -0.05) is 26.2 Å². The Kier molecular flexibility index (Phi) is 4.40. The molecule has 1 aliphatic carbocycles. The Morgan fingerprint density at radius 2 is 2.18 bits per heavy atom. The highest BCUT2D eigenvalue weighted by molar-refractivity contribution is 5.82. The molecule has 1 saturated heterocycles. The van der Waals surface area contributed by atoms with Gasteiger partial charge in [-0.05, 0) is 25.2 Å². The third-order valence-corrected chi connectivity index (χ3v) is 4.19. The summed E-state index contributed by atoms with van der Waals surface area (Å²) in [6.45, 7) is 2.74. The molecule has 4 nitrogen and oxygen atoms in total. The van der Waals surface area contributed by atoms with E-state index in [9.17, 15) is 9.90 Å². The summed E-state index contributed by atoms with van der Waals surface area (Å²) in [4.78, 5) is 12.0. The first-order valence-corrected chi connectivity index (χ1v) is 6.92. The molecule has 1 amide bonds. The summed E-state index contributed by atoms with van der Waals surface area (Å²) in [6, 6.07) is 0.158. The molecule has 17 heavy (non-hydrogen) atoms. The number of amides is 1.